The molecule has 1 aromatic rings. The summed E-state index contributed by atoms with van der Waals surface area (Å²) in [6, 6.07) is 4.08. The van der Waals surface area contributed by atoms with Crippen LogP contribution in [0.25, 0.3) is 0 Å². The molecule has 0 heterocycles. The van der Waals surface area contributed by atoms with Crippen molar-refractivity contribution in [2.75, 3.05) is 14.2 Å². The molecule has 0 atom stereocenters. The highest BCUT2D eigenvalue weighted by Crippen LogP contribution is 2.35. The van der Waals surface area contributed by atoms with Crippen molar-refractivity contribution in [1.29, 1.82) is 0 Å². The van der Waals surface area contributed by atoms with Crippen LogP contribution in [0.3, 0.4) is 0 Å². The summed E-state index contributed by atoms with van der Waals surface area (Å²) in [7, 11) is 3.36. The molecule has 0 radical (unpaired) electrons. The summed E-state index contributed by atoms with van der Waals surface area (Å²) >= 11 is 0. The molecule has 1 aliphatic carbocycles. The van der Waals surface area contributed by atoms with Gasteiger partial charge in [-0.05, 0) is 24.5 Å². The van der Waals surface area contributed by atoms with Crippen LogP contribution in [0.2, 0.25) is 0 Å². The van der Waals surface area contributed by atoms with Gasteiger partial charge < -0.3 is 9.47 Å². The molecular weight excluding hydrogens is 176 g/mol. The van der Waals surface area contributed by atoms with E-state index in [1.54, 1.807) is 14.2 Å². The first-order valence-electron chi connectivity index (χ1n) is 4.74. The first kappa shape index (κ1) is 9.13. The Morgan fingerprint density at radius 2 is 1.79 bits per heavy atom. The molecule has 0 saturated carbocycles. The highest BCUT2D eigenvalue weighted by Gasteiger charge is 2.14. The van der Waals surface area contributed by atoms with Crippen LogP contribution in [0.15, 0.2) is 24.3 Å². The van der Waals surface area contributed by atoms with E-state index in [2.05, 4.69) is 18.2 Å². The predicted octanol–water partition coefficient (Wildman–Crippen LogP) is 2.36. The number of fused-ring (bicyclic) bond motifs is 1. The zero-order chi connectivity index (χ0) is 9.97. The molecule has 0 spiro atoms. The fourth-order valence-corrected chi connectivity index (χ4v) is 1.86. The summed E-state index contributed by atoms with van der Waals surface area (Å²) in [5, 5.41) is 0. The average Bonchev–Trinajstić information content (AvgIpc) is 2.27. The molecule has 0 fully saturated rings. The number of hydrogen-bond donors (Lipinski definition) is 0. The molecule has 2 rings (SSSR count). The third-order valence-corrected chi connectivity index (χ3v) is 2.57. The van der Waals surface area contributed by atoms with Crippen LogP contribution in [-0.2, 0) is 12.8 Å². The standard InChI is InChI=1S/C12H14O2/c1-13-11-8-7-9-5-3-4-6-10(9)12(11)14-2/h3-4,7-8H,5-6H2,1-2H3. The second-order valence-corrected chi connectivity index (χ2v) is 3.32. The van der Waals surface area contributed by atoms with Gasteiger partial charge in [-0.15, -0.1) is 0 Å². The lowest BCUT2D eigenvalue weighted by atomic mass is 9.95. The fraction of sp³-hybridized carbons (Fsp3) is 0.333. The lowest BCUT2D eigenvalue weighted by molar-refractivity contribution is 0.351. The Hall–Kier alpha value is -1.44. The molecule has 2 nitrogen and oxygen atoms in total. The third kappa shape index (κ3) is 1.37. The summed E-state index contributed by atoms with van der Waals surface area (Å²) in [5.74, 6) is 1.70. The summed E-state index contributed by atoms with van der Waals surface area (Å²) < 4.78 is 10.6. The minimum absolute atomic E-state index is 0.821. The molecule has 0 aromatic heterocycles. The van der Waals surface area contributed by atoms with Crippen LogP contribution >= 0.6 is 0 Å². The largest absolute Gasteiger partial charge is 0.493 e. The molecule has 0 N–H and O–H groups in total. The summed E-state index contributed by atoms with van der Waals surface area (Å²) in [6.07, 6.45) is 6.30. The highest BCUT2D eigenvalue weighted by atomic mass is 16.5. The van der Waals surface area contributed by atoms with E-state index in [1.165, 1.54) is 11.1 Å². The van der Waals surface area contributed by atoms with Crippen molar-refractivity contribution in [2.24, 2.45) is 0 Å². The van der Waals surface area contributed by atoms with E-state index in [0.717, 1.165) is 24.3 Å². The van der Waals surface area contributed by atoms with E-state index in [1.807, 2.05) is 6.07 Å². The minimum Gasteiger partial charge on any atom is -0.493 e. The van der Waals surface area contributed by atoms with Crippen LogP contribution < -0.4 is 9.47 Å². The van der Waals surface area contributed by atoms with Gasteiger partial charge in [0.15, 0.2) is 11.5 Å². The van der Waals surface area contributed by atoms with E-state index in [-0.39, 0.29) is 0 Å². The topological polar surface area (TPSA) is 18.5 Å². The minimum atomic E-state index is 0.821. The smallest absolute Gasteiger partial charge is 0.164 e. The maximum absolute atomic E-state index is 5.38. The number of allylic oxidation sites excluding steroid dienone is 2. The normalized spacial score (nSPS) is 13.6. The van der Waals surface area contributed by atoms with Crippen molar-refractivity contribution < 1.29 is 9.47 Å². The molecule has 74 valence electrons. The summed E-state index contributed by atoms with van der Waals surface area (Å²) in [4.78, 5) is 0. The monoisotopic (exact) mass is 190 g/mol. The summed E-state index contributed by atoms with van der Waals surface area (Å²) in [6.45, 7) is 0. The first-order chi connectivity index (χ1) is 6.86. The Morgan fingerprint density at radius 3 is 2.50 bits per heavy atom. The number of benzene rings is 1. The SMILES string of the molecule is COc1ccc2c(c1OC)CC=CC2. The number of hydrogen-bond acceptors (Lipinski definition) is 2. The van der Waals surface area contributed by atoms with Gasteiger partial charge in [0.25, 0.3) is 0 Å². The molecule has 0 saturated heterocycles. The van der Waals surface area contributed by atoms with Crippen molar-refractivity contribution in [1.82, 2.24) is 0 Å². The Morgan fingerprint density at radius 1 is 1.00 bits per heavy atom. The zero-order valence-electron chi connectivity index (χ0n) is 8.54. The second kappa shape index (κ2) is 3.74. The Balaban J connectivity index is 2.53. The van der Waals surface area contributed by atoms with Gasteiger partial charge in [0, 0.05) is 5.56 Å². The van der Waals surface area contributed by atoms with Crippen molar-refractivity contribution in [2.45, 2.75) is 12.8 Å². The van der Waals surface area contributed by atoms with E-state index in [9.17, 15) is 0 Å². The van der Waals surface area contributed by atoms with Crippen LogP contribution in [0.5, 0.6) is 11.5 Å². The number of methoxy groups -OCH3 is 2. The van der Waals surface area contributed by atoms with Crippen molar-refractivity contribution in [3.63, 3.8) is 0 Å². The van der Waals surface area contributed by atoms with Crippen LogP contribution in [-0.4, -0.2) is 14.2 Å². The molecule has 1 aromatic carbocycles. The van der Waals surface area contributed by atoms with Crippen LogP contribution in [0.4, 0.5) is 0 Å². The van der Waals surface area contributed by atoms with Crippen molar-refractivity contribution >= 4 is 0 Å². The quantitative estimate of drug-likeness (QED) is 0.666. The first-order valence-corrected chi connectivity index (χ1v) is 4.74. The molecule has 1 aliphatic rings. The van der Waals surface area contributed by atoms with E-state index >= 15 is 0 Å². The van der Waals surface area contributed by atoms with Crippen LogP contribution in [0, 0.1) is 0 Å². The Labute approximate surface area is 84.2 Å². The van der Waals surface area contributed by atoms with Gasteiger partial charge in [-0.3, -0.25) is 0 Å². The van der Waals surface area contributed by atoms with Gasteiger partial charge in [-0.2, -0.15) is 0 Å². The molecule has 14 heavy (non-hydrogen) atoms. The third-order valence-electron chi connectivity index (χ3n) is 2.57. The molecule has 0 aliphatic heterocycles. The number of ether oxygens (including phenoxy) is 2. The van der Waals surface area contributed by atoms with E-state index in [4.69, 9.17) is 9.47 Å². The van der Waals surface area contributed by atoms with E-state index < -0.39 is 0 Å². The van der Waals surface area contributed by atoms with Gasteiger partial charge in [0.1, 0.15) is 0 Å². The lowest BCUT2D eigenvalue weighted by Crippen LogP contribution is -2.02. The van der Waals surface area contributed by atoms with Gasteiger partial charge in [0.05, 0.1) is 14.2 Å². The maximum Gasteiger partial charge on any atom is 0.164 e. The molecule has 0 unspecified atom stereocenters. The van der Waals surface area contributed by atoms with Gasteiger partial charge in [-0.1, -0.05) is 18.2 Å². The molecular formula is C12H14O2. The molecule has 0 bridgehead atoms. The zero-order valence-corrected chi connectivity index (χ0v) is 8.54. The second-order valence-electron chi connectivity index (χ2n) is 3.32. The molecule has 0 amide bonds. The predicted molar refractivity (Wildman–Crippen MR) is 56.1 cm³/mol. The van der Waals surface area contributed by atoms with Crippen molar-refractivity contribution in [3.05, 3.63) is 35.4 Å². The Bertz CT molecular complexity index is 367. The highest BCUT2D eigenvalue weighted by molar-refractivity contribution is 5.53. The molecule has 2 heteroatoms. The lowest BCUT2D eigenvalue weighted by Gasteiger charge is -2.17. The van der Waals surface area contributed by atoms with E-state index in [0.29, 0.717) is 0 Å². The van der Waals surface area contributed by atoms with Gasteiger partial charge in [0.2, 0.25) is 0 Å². The Kier molecular flexibility index (Phi) is 2.44. The van der Waals surface area contributed by atoms with Crippen LogP contribution in [0.1, 0.15) is 11.1 Å². The van der Waals surface area contributed by atoms with Gasteiger partial charge >= 0.3 is 0 Å². The van der Waals surface area contributed by atoms with Crippen molar-refractivity contribution in [3.8, 4) is 11.5 Å². The fourth-order valence-electron chi connectivity index (χ4n) is 1.86. The number of rotatable bonds is 2. The maximum atomic E-state index is 5.38. The summed E-state index contributed by atoms with van der Waals surface area (Å²) in [5.41, 5.74) is 2.60. The average molecular weight is 190 g/mol. The van der Waals surface area contributed by atoms with Gasteiger partial charge in [-0.25, -0.2) is 0 Å².